The fourth-order valence-electron chi connectivity index (χ4n) is 3.92. The number of amides is 1. The van der Waals surface area contributed by atoms with Gasteiger partial charge in [-0.05, 0) is 48.4 Å². The van der Waals surface area contributed by atoms with Crippen molar-refractivity contribution in [2.45, 2.75) is 12.8 Å². The zero-order valence-electron chi connectivity index (χ0n) is 16.9. The van der Waals surface area contributed by atoms with Crippen LogP contribution in [0.2, 0.25) is 0 Å². The molecular formula is C22H20N2O6S. The lowest BCUT2D eigenvalue weighted by atomic mass is 9.97. The number of aryl methyl sites for hydroxylation is 1. The lowest BCUT2D eigenvalue weighted by Gasteiger charge is -2.24. The third kappa shape index (κ3) is 3.51. The van der Waals surface area contributed by atoms with E-state index >= 15 is 0 Å². The molecule has 0 spiro atoms. The standard InChI is InChI=1S/C22H20N2O6S/c1-23-18-9-8-16(24(31(28)29)17-5-3-4-6-19(17)30-2)14-11-13(7-10-20(25)26)12-15(21(14)18)22(23)27/h3-6,8-9,11-12H,7,10H2,1-2H3,(H,25,26)(H,28,29). The maximum atomic E-state index is 12.8. The molecule has 1 atom stereocenters. The van der Waals surface area contributed by atoms with E-state index in [0.717, 1.165) is 0 Å². The predicted octanol–water partition coefficient (Wildman–Crippen LogP) is 3.73. The first kappa shape index (κ1) is 20.8. The number of benzene rings is 3. The number of carboxylic acids is 1. The van der Waals surface area contributed by atoms with Crippen LogP contribution in [-0.2, 0) is 22.5 Å². The second kappa shape index (κ2) is 8.01. The van der Waals surface area contributed by atoms with E-state index in [9.17, 15) is 18.4 Å². The smallest absolute Gasteiger partial charge is 0.303 e. The summed E-state index contributed by atoms with van der Waals surface area (Å²) in [5.41, 5.74) is 2.59. The summed E-state index contributed by atoms with van der Waals surface area (Å²) < 4.78 is 29.2. The van der Waals surface area contributed by atoms with Crippen molar-refractivity contribution in [3.8, 4) is 5.75 Å². The van der Waals surface area contributed by atoms with Gasteiger partial charge in [0.1, 0.15) is 5.75 Å². The molecular weight excluding hydrogens is 420 g/mol. The van der Waals surface area contributed by atoms with Gasteiger partial charge in [0, 0.05) is 24.2 Å². The Hall–Kier alpha value is -3.43. The number of rotatable bonds is 7. The van der Waals surface area contributed by atoms with Crippen molar-refractivity contribution in [1.82, 2.24) is 0 Å². The van der Waals surface area contributed by atoms with Crippen LogP contribution in [0.1, 0.15) is 22.3 Å². The number of carbonyl (C=O) groups excluding carboxylic acids is 1. The van der Waals surface area contributed by atoms with E-state index in [-0.39, 0.29) is 18.7 Å². The summed E-state index contributed by atoms with van der Waals surface area (Å²) >= 11 is -2.44. The number of methoxy groups -OCH3 is 1. The Morgan fingerprint density at radius 1 is 1.16 bits per heavy atom. The molecule has 4 rings (SSSR count). The van der Waals surface area contributed by atoms with Gasteiger partial charge in [0.2, 0.25) is 0 Å². The zero-order valence-corrected chi connectivity index (χ0v) is 17.7. The molecule has 0 bridgehead atoms. The van der Waals surface area contributed by atoms with Gasteiger partial charge in [0.05, 0.1) is 29.7 Å². The van der Waals surface area contributed by atoms with E-state index in [4.69, 9.17) is 9.84 Å². The highest BCUT2D eigenvalue weighted by Gasteiger charge is 2.31. The number of ether oxygens (including phenoxy) is 1. The largest absolute Gasteiger partial charge is 0.495 e. The lowest BCUT2D eigenvalue weighted by Crippen LogP contribution is -2.21. The fourth-order valence-corrected chi connectivity index (χ4v) is 4.56. The number of hydrogen-bond acceptors (Lipinski definition) is 4. The number of carboxylic acid groups (broad SMARTS) is 1. The van der Waals surface area contributed by atoms with Gasteiger partial charge in [-0.15, -0.1) is 0 Å². The summed E-state index contributed by atoms with van der Waals surface area (Å²) in [5.74, 6) is -0.739. The van der Waals surface area contributed by atoms with E-state index in [1.165, 1.54) is 16.3 Å². The molecule has 0 saturated carbocycles. The second-order valence-corrected chi connectivity index (χ2v) is 7.95. The third-order valence-corrected chi connectivity index (χ3v) is 6.04. The van der Waals surface area contributed by atoms with Crippen molar-refractivity contribution in [2.24, 2.45) is 0 Å². The van der Waals surface area contributed by atoms with Gasteiger partial charge < -0.3 is 14.7 Å². The molecule has 3 aromatic carbocycles. The Bertz CT molecular complexity index is 1240. The Morgan fingerprint density at radius 3 is 2.58 bits per heavy atom. The minimum absolute atomic E-state index is 0.0911. The summed E-state index contributed by atoms with van der Waals surface area (Å²) in [6, 6.07) is 13.7. The molecule has 0 aliphatic carbocycles. The van der Waals surface area contributed by atoms with Gasteiger partial charge in [-0.25, -0.2) is 8.51 Å². The van der Waals surface area contributed by atoms with Gasteiger partial charge in [0.25, 0.3) is 17.2 Å². The number of aliphatic carboxylic acids is 1. The first-order valence-corrected chi connectivity index (χ1v) is 10.5. The highest BCUT2D eigenvalue weighted by molar-refractivity contribution is 7.81. The average molecular weight is 440 g/mol. The molecule has 0 radical (unpaired) electrons. The lowest BCUT2D eigenvalue weighted by molar-refractivity contribution is -0.136. The molecule has 1 unspecified atom stereocenters. The van der Waals surface area contributed by atoms with Crippen LogP contribution in [0.25, 0.3) is 10.8 Å². The first-order valence-electron chi connectivity index (χ1n) is 9.47. The number of anilines is 3. The summed E-state index contributed by atoms with van der Waals surface area (Å²) in [7, 11) is 3.14. The van der Waals surface area contributed by atoms with Crippen LogP contribution >= 0.6 is 0 Å². The molecule has 160 valence electrons. The highest BCUT2D eigenvalue weighted by Crippen LogP contribution is 2.45. The normalized spacial score (nSPS) is 13.5. The molecule has 1 aliphatic heterocycles. The molecule has 31 heavy (non-hydrogen) atoms. The van der Waals surface area contributed by atoms with Crippen LogP contribution in [0, 0.1) is 0 Å². The topological polar surface area (TPSA) is 107 Å². The van der Waals surface area contributed by atoms with Crippen molar-refractivity contribution in [2.75, 3.05) is 23.4 Å². The molecule has 0 fully saturated rings. The molecule has 1 amide bonds. The predicted molar refractivity (Wildman–Crippen MR) is 119 cm³/mol. The molecule has 3 aromatic rings. The monoisotopic (exact) mass is 440 g/mol. The van der Waals surface area contributed by atoms with Gasteiger partial charge in [-0.3, -0.25) is 14.1 Å². The van der Waals surface area contributed by atoms with Crippen molar-refractivity contribution >= 4 is 51.0 Å². The maximum absolute atomic E-state index is 12.8. The molecule has 1 aliphatic rings. The Kier molecular flexibility index (Phi) is 5.38. The van der Waals surface area contributed by atoms with Gasteiger partial charge in [0.15, 0.2) is 0 Å². The van der Waals surface area contributed by atoms with Gasteiger partial charge in [-0.1, -0.05) is 12.1 Å². The molecule has 1 heterocycles. The summed E-state index contributed by atoms with van der Waals surface area (Å²) in [6.07, 6.45) is 0.141. The molecule has 8 nitrogen and oxygen atoms in total. The summed E-state index contributed by atoms with van der Waals surface area (Å²) in [6.45, 7) is 0. The Labute approximate surface area is 181 Å². The quantitative estimate of drug-likeness (QED) is 0.542. The number of hydrogen-bond donors (Lipinski definition) is 2. The molecule has 9 heteroatoms. The SMILES string of the molecule is COc1ccccc1N(c1ccc2c3c(cc(CCC(=O)O)cc13)C(=O)N2C)S(=O)O. The first-order chi connectivity index (χ1) is 14.8. The zero-order chi connectivity index (χ0) is 22.3. The van der Waals surface area contributed by atoms with Crippen LogP contribution in [0.15, 0.2) is 48.5 Å². The van der Waals surface area contributed by atoms with Gasteiger partial charge in [-0.2, -0.15) is 0 Å². The second-order valence-electron chi connectivity index (χ2n) is 7.12. The van der Waals surface area contributed by atoms with Crippen molar-refractivity contribution in [1.29, 1.82) is 0 Å². The van der Waals surface area contributed by atoms with E-state index in [1.807, 2.05) is 0 Å². The summed E-state index contributed by atoms with van der Waals surface area (Å²) in [5, 5.41) is 10.3. The van der Waals surface area contributed by atoms with Crippen molar-refractivity contribution in [3.63, 3.8) is 0 Å². The Morgan fingerprint density at radius 2 is 1.90 bits per heavy atom. The van der Waals surface area contributed by atoms with E-state index in [0.29, 0.717) is 44.7 Å². The fraction of sp³-hybridized carbons (Fsp3) is 0.182. The van der Waals surface area contributed by atoms with Crippen molar-refractivity contribution in [3.05, 3.63) is 59.7 Å². The van der Waals surface area contributed by atoms with Crippen LogP contribution < -0.4 is 13.9 Å². The molecule has 0 aromatic heterocycles. The van der Waals surface area contributed by atoms with Gasteiger partial charge >= 0.3 is 5.97 Å². The number of nitrogens with zero attached hydrogens (tertiary/aromatic N) is 2. The van der Waals surface area contributed by atoms with E-state index in [2.05, 4.69) is 0 Å². The van der Waals surface area contributed by atoms with Crippen LogP contribution in [0.5, 0.6) is 5.75 Å². The number of para-hydroxylation sites is 2. The van der Waals surface area contributed by atoms with E-state index in [1.54, 1.807) is 55.6 Å². The number of carbonyl (C=O) groups is 2. The highest BCUT2D eigenvalue weighted by atomic mass is 32.2. The van der Waals surface area contributed by atoms with Crippen molar-refractivity contribution < 1.29 is 28.2 Å². The van der Waals surface area contributed by atoms with E-state index < -0.39 is 17.2 Å². The van der Waals surface area contributed by atoms with Crippen LogP contribution in [-0.4, -0.2) is 39.9 Å². The minimum Gasteiger partial charge on any atom is -0.495 e. The maximum Gasteiger partial charge on any atom is 0.303 e. The summed E-state index contributed by atoms with van der Waals surface area (Å²) in [4.78, 5) is 25.4. The molecule has 2 N–H and O–H groups in total. The van der Waals surface area contributed by atoms with Crippen LogP contribution in [0.3, 0.4) is 0 Å². The van der Waals surface area contributed by atoms with Crippen LogP contribution in [0.4, 0.5) is 17.1 Å². The minimum atomic E-state index is -2.44. The average Bonchev–Trinajstić information content (AvgIpc) is 3.00. The molecule has 0 saturated heterocycles. The third-order valence-electron chi connectivity index (χ3n) is 5.33. The Balaban J connectivity index is 2.00.